The van der Waals surface area contributed by atoms with Gasteiger partial charge in [0.2, 0.25) is 0 Å². The molecule has 0 bridgehead atoms. The normalized spacial score (nSPS) is 13.0. The Hall–Kier alpha value is -3.04. The van der Waals surface area contributed by atoms with Crippen molar-refractivity contribution in [2.45, 2.75) is 18.9 Å². The maximum absolute atomic E-state index is 13.4. The minimum Gasteiger partial charge on any atom is -0.375 e. The summed E-state index contributed by atoms with van der Waals surface area (Å²) in [5.74, 6) is -0.564. The Balaban J connectivity index is 1.72. The van der Waals surface area contributed by atoms with Crippen molar-refractivity contribution in [1.29, 1.82) is 0 Å². The summed E-state index contributed by atoms with van der Waals surface area (Å²) in [5.41, 5.74) is -0.0295. The van der Waals surface area contributed by atoms with E-state index in [1.807, 2.05) is 42.5 Å². The molecule has 0 saturated carbocycles. The van der Waals surface area contributed by atoms with Crippen molar-refractivity contribution in [3.63, 3.8) is 0 Å². The average Bonchev–Trinajstić information content (AvgIpc) is 2.77. The van der Waals surface area contributed by atoms with E-state index in [-0.39, 0.29) is 6.42 Å². The van der Waals surface area contributed by atoms with E-state index in [9.17, 15) is 14.7 Å². The molecule has 4 aromatic rings. The van der Waals surface area contributed by atoms with Crippen molar-refractivity contribution in [3.05, 3.63) is 104 Å². The Morgan fingerprint density at radius 2 is 1.77 bits per heavy atom. The second-order valence-corrected chi connectivity index (χ2v) is 8.55. The van der Waals surface area contributed by atoms with Crippen LogP contribution in [-0.4, -0.2) is 16.2 Å². The molecule has 0 radical (unpaired) electrons. The number of nitrogens with zero attached hydrogens (tertiary/aromatic N) is 1. The summed E-state index contributed by atoms with van der Waals surface area (Å²) in [6.07, 6.45) is 0.109. The first-order chi connectivity index (χ1) is 14.9. The molecule has 156 valence electrons. The number of carbonyl (C=O) groups excluding carboxylic acids is 1. The molecule has 1 aromatic heterocycles. The first kappa shape index (κ1) is 21.2. The van der Waals surface area contributed by atoms with Crippen molar-refractivity contribution in [2.24, 2.45) is 0 Å². The lowest BCUT2D eigenvalue weighted by molar-refractivity contribution is -0.135. The predicted octanol–water partition coefficient (Wildman–Crippen LogP) is 4.17. The van der Waals surface area contributed by atoms with E-state index in [1.165, 1.54) is 0 Å². The molecule has 1 heterocycles. The quantitative estimate of drug-likeness (QED) is 0.381. The van der Waals surface area contributed by atoms with Crippen LogP contribution in [0.15, 0.2) is 82.1 Å². The van der Waals surface area contributed by atoms with Gasteiger partial charge in [0, 0.05) is 21.1 Å². The fraction of sp³-hybridized carbons (Fsp3) is 0.125. The Bertz CT molecular complexity index is 1300. The second-order valence-electron chi connectivity index (χ2n) is 7.30. The highest BCUT2D eigenvalue weighted by Crippen LogP contribution is 2.29. The molecule has 3 aromatic carbocycles. The number of hydrogen-bond acceptors (Lipinski definition) is 5. The van der Waals surface area contributed by atoms with Gasteiger partial charge in [0.15, 0.2) is 5.60 Å². The lowest BCUT2D eigenvalue weighted by Gasteiger charge is -2.28. The number of rotatable bonds is 5. The Kier molecular flexibility index (Phi) is 5.88. The number of fused-ring (bicyclic) bond motifs is 1. The molecule has 2 N–H and O–H groups in total. The van der Waals surface area contributed by atoms with Gasteiger partial charge >= 0.3 is 5.63 Å². The highest BCUT2D eigenvalue weighted by Gasteiger charge is 2.38. The Morgan fingerprint density at radius 1 is 1.06 bits per heavy atom. The van der Waals surface area contributed by atoms with Crippen LogP contribution in [0.25, 0.3) is 10.8 Å². The smallest absolute Gasteiger partial charge is 0.366 e. The summed E-state index contributed by atoms with van der Waals surface area (Å²) >= 11 is 2.18. The van der Waals surface area contributed by atoms with E-state index >= 15 is 0 Å². The van der Waals surface area contributed by atoms with Crippen molar-refractivity contribution in [1.82, 2.24) is 5.16 Å². The number of nitrogens with one attached hydrogen (secondary N) is 1. The summed E-state index contributed by atoms with van der Waals surface area (Å²) < 4.78 is 5.75. The van der Waals surface area contributed by atoms with E-state index in [4.69, 9.17) is 4.52 Å². The van der Waals surface area contributed by atoms with E-state index in [2.05, 4.69) is 33.1 Å². The van der Waals surface area contributed by atoms with Gasteiger partial charge in [-0.1, -0.05) is 47.6 Å². The molecule has 7 heteroatoms. The number of aromatic nitrogens is 1. The zero-order valence-corrected chi connectivity index (χ0v) is 18.8. The van der Waals surface area contributed by atoms with Gasteiger partial charge in [-0.25, -0.2) is 4.79 Å². The van der Waals surface area contributed by atoms with Gasteiger partial charge in [0.1, 0.15) is 0 Å². The third kappa shape index (κ3) is 4.38. The maximum atomic E-state index is 13.4. The maximum Gasteiger partial charge on any atom is 0.366 e. The summed E-state index contributed by atoms with van der Waals surface area (Å²) in [6, 6.07) is 21.4. The third-order valence-corrected chi connectivity index (χ3v) is 5.87. The largest absolute Gasteiger partial charge is 0.375 e. The standard InChI is InChI=1S/C24H19IN2O4/c1-15-21-13-19(11-12-20(21)22(28)31-27-15)26-23(29)24(30,14-16-5-3-2-4-6-16)17-7-9-18(25)10-8-17/h2-13,30H,14H2,1H3,(H,26,29). The molecule has 4 rings (SSSR count). The lowest BCUT2D eigenvalue weighted by Crippen LogP contribution is -2.42. The van der Waals surface area contributed by atoms with Crippen molar-refractivity contribution >= 4 is 45.0 Å². The van der Waals surface area contributed by atoms with Crippen LogP contribution in [-0.2, 0) is 16.8 Å². The average molecular weight is 526 g/mol. The van der Waals surface area contributed by atoms with Crippen LogP contribution in [0.5, 0.6) is 0 Å². The number of aliphatic hydroxyl groups is 1. The molecule has 31 heavy (non-hydrogen) atoms. The number of anilines is 1. The van der Waals surface area contributed by atoms with E-state index < -0.39 is 17.1 Å². The van der Waals surface area contributed by atoms with Gasteiger partial charge in [-0.3, -0.25) is 4.79 Å². The minimum absolute atomic E-state index is 0.109. The monoisotopic (exact) mass is 526 g/mol. The van der Waals surface area contributed by atoms with Crippen molar-refractivity contribution in [2.75, 3.05) is 5.32 Å². The van der Waals surface area contributed by atoms with Crippen LogP contribution >= 0.6 is 22.6 Å². The number of halogens is 1. The van der Waals surface area contributed by atoms with Gasteiger partial charge in [-0.15, -0.1) is 0 Å². The molecule has 0 aliphatic rings. The molecule has 1 amide bonds. The predicted molar refractivity (Wildman–Crippen MR) is 127 cm³/mol. The second kappa shape index (κ2) is 8.60. The summed E-state index contributed by atoms with van der Waals surface area (Å²) in [6.45, 7) is 1.72. The molecule has 0 aliphatic heterocycles. The number of amides is 1. The highest BCUT2D eigenvalue weighted by atomic mass is 127. The Labute approximate surface area is 192 Å². The van der Waals surface area contributed by atoms with Crippen LogP contribution in [0.1, 0.15) is 16.8 Å². The summed E-state index contributed by atoms with van der Waals surface area (Å²) in [7, 11) is 0. The summed E-state index contributed by atoms with van der Waals surface area (Å²) in [5, 5.41) is 19.1. The van der Waals surface area contributed by atoms with Gasteiger partial charge < -0.3 is 14.9 Å². The van der Waals surface area contributed by atoms with Gasteiger partial charge in [-0.2, -0.15) is 0 Å². The molecule has 0 saturated heterocycles. The Morgan fingerprint density at radius 3 is 2.48 bits per heavy atom. The first-order valence-electron chi connectivity index (χ1n) is 9.61. The van der Waals surface area contributed by atoms with Crippen molar-refractivity contribution < 1.29 is 14.4 Å². The molecule has 1 atom stereocenters. The fourth-order valence-electron chi connectivity index (χ4n) is 3.47. The van der Waals surface area contributed by atoms with E-state index in [0.717, 1.165) is 9.13 Å². The SMILES string of the molecule is Cc1noc(=O)c2ccc(NC(=O)C(O)(Cc3ccccc3)c3ccc(I)cc3)cc12. The summed E-state index contributed by atoms with van der Waals surface area (Å²) in [4.78, 5) is 25.2. The number of benzene rings is 3. The number of aryl methyl sites for hydroxylation is 1. The topological polar surface area (TPSA) is 92.4 Å². The zero-order valence-electron chi connectivity index (χ0n) is 16.6. The molecule has 6 nitrogen and oxygen atoms in total. The van der Waals surface area contributed by atoms with Crippen LogP contribution in [0, 0.1) is 10.5 Å². The molecule has 1 unspecified atom stereocenters. The highest BCUT2D eigenvalue weighted by molar-refractivity contribution is 14.1. The van der Waals surface area contributed by atoms with Crippen LogP contribution in [0.2, 0.25) is 0 Å². The molecule has 0 spiro atoms. The van der Waals surface area contributed by atoms with Crippen LogP contribution in [0.3, 0.4) is 0 Å². The van der Waals surface area contributed by atoms with Crippen LogP contribution in [0.4, 0.5) is 5.69 Å². The van der Waals surface area contributed by atoms with Gasteiger partial charge in [-0.05, 0) is 71.0 Å². The van der Waals surface area contributed by atoms with Gasteiger partial charge in [0.25, 0.3) is 5.91 Å². The number of hydrogen-bond donors (Lipinski definition) is 2. The number of carbonyl (C=O) groups is 1. The molecular weight excluding hydrogens is 507 g/mol. The van der Waals surface area contributed by atoms with E-state index in [0.29, 0.717) is 27.7 Å². The van der Waals surface area contributed by atoms with Crippen molar-refractivity contribution in [3.8, 4) is 0 Å². The molecule has 0 fully saturated rings. The van der Waals surface area contributed by atoms with Gasteiger partial charge in [0.05, 0.1) is 11.1 Å². The van der Waals surface area contributed by atoms with E-state index in [1.54, 1.807) is 37.3 Å². The minimum atomic E-state index is -1.79. The third-order valence-electron chi connectivity index (χ3n) is 5.15. The molecule has 0 aliphatic carbocycles. The zero-order chi connectivity index (χ0) is 22.0. The molecular formula is C24H19IN2O4. The van der Waals surface area contributed by atoms with Crippen LogP contribution < -0.4 is 10.9 Å². The first-order valence-corrected chi connectivity index (χ1v) is 10.7. The fourth-order valence-corrected chi connectivity index (χ4v) is 3.83. The lowest BCUT2D eigenvalue weighted by atomic mass is 9.86.